The molecule has 1 aromatic carbocycles. The van der Waals surface area contributed by atoms with Gasteiger partial charge in [-0.15, -0.1) is 0 Å². The van der Waals surface area contributed by atoms with Crippen LogP contribution in [0.4, 0.5) is 0 Å². The molecule has 1 amide bonds. The molecule has 1 N–H and O–H groups in total. The van der Waals surface area contributed by atoms with Crippen LogP contribution in [0.5, 0.6) is 0 Å². The number of hydrogen-bond acceptors (Lipinski definition) is 4. The van der Waals surface area contributed by atoms with E-state index in [1.807, 2.05) is 31.2 Å². The van der Waals surface area contributed by atoms with Crippen LogP contribution in [-0.4, -0.2) is 22.6 Å². The monoisotopic (exact) mass is 323 g/mol. The van der Waals surface area contributed by atoms with E-state index >= 15 is 0 Å². The highest BCUT2D eigenvalue weighted by molar-refractivity contribution is 9.10. The molecular weight excluding hydrogens is 310 g/mol. The summed E-state index contributed by atoms with van der Waals surface area (Å²) in [5.74, 6) is 1.01. The number of aromatic nitrogens is 2. The second kappa shape index (κ2) is 6.47. The van der Waals surface area contributed by atoms with Gasteiger partial charge in [-0.1, -0.05) is 21.1 Å². The van der Waals surface area contributed by atoms with Crippen molar-refractivity contribution in [3.05, 3.63) is 34.6 Å². The molecule has 0 radical (unpaired) electrons. The van der Waals surface area contributed by atoms with Crippen LogP contribution in [0.25, 0.3) is 11.4 Å². The maximum absolute atomic E-state index is 11.3. The van der Waals surface area contributed by atoms with Crippen molar-refractivity contribution in [1.29, 1.82) is 0 Å². The molecule has 6 heteroatoms. The Kier molecular flexibility index (Phi) is 4.68. The normalized spacial score (nSPS) is 10.4. The van der Waals surface area contributed by atoms with Gasteiger partial charge in [-0.3, -0.25) is 4.79 Å². The van der Waals surface area contributed by atoms with E-state index in [4.69, 9.17) is 4.52 Å². The van der Waals surface area contributed by atoms with Crippen molar-refractivity contribution in [2.45, 2.75) is 19.8 Å². The summed E-state index contributed by atoms with van der Waals surface area (Å²) in [5, 5.41) is 6.63. The first kappa shape index (κ1) is 13.7. The van der Waals surface area contributed by atoms with E-state index in [9.17, 15) is 4.79 Å². The largest absolute Gasteiger partial charge is 0.356 e. The summed E-state index contributed by atoms with van der Waals surface area (Å²) in [7, 11) is 0. The highest BCUT2D eigenvalue weighted by Crippen LogP contribution is 2.19. The Morgan fingerprint density at radius 1 is 1.37 bits per heavy atom. The van der Waals surface area contributed by atoms with Gasteiger partial charge in [0, 0.05) is 29.4 Å². The van der Waals surface area contributed by atoms with Crippen LogP contribution in [0.15, 0.2) is 33.3 Å². The number of amides is 1. The topological polar surface area (TPSA) is 68.0 Å². The van der Waals surface area contributed by atoms with Crippen molar-refractivity contribution in [2.24, 2.45) is 0 Å². The van der Waals surface area contributed by atoms with E-state index in [1.54, 1.807) is 0 Å². The molecule has 100 valence electrons. The van der Waals surface area contributed by atoms with Crippen LogP contribution in [-0.2, 0) is 11.2 Å². The van der Waals surface area contributed by atoms with E-state index in [2.05, 4.69) is 31.4 Å². The van der Waals surface area contributed by atoms with Gasteiger partial charge >= 0.3 is 0 Å². The lowest BCUT2D eigenvalue weighted by Crippen LogP contribution is -2.22. The van der Waals surface area contributed by atoms with Crippen LogP contribution in [0, 0.1) is 0 Å². The van der Waals surface area contributed by atoms with Crippen LogP contribution < -0.4 is 5.32 Å². The minimum atomic E-state index is -0.00843. The fraction of sp³-hybridized carbons (Fsp3) is 0.308. The standard InChI is InChI=1S/C13H14BrN3O2/c1-2-15-11(18)7-8-12-16-13(17-19-12)9-3-5-10(14)6-4-9/h3-6H,2,7-8H2,1H3,(H,15,18). The molecule has 19 heavy (non-hydrogen) atoms. The zero-order chi connectivity index (χ0) is 13.7. The summed E-state index contributed by atoms with van der Waals surface area (Å²) in [4.78, 5) is 15.6. The molecule has 0 aliphatic rings. The summed E-state index contributed by atoms with van der Waals surface area (Å²) in [6.45, 7) is 2.52. The molecule has 0 bridgehead atoms. The molecule has 0 saturated carbocycles. The number of aryl methyl sites for hydroxylation is 1. The second-order valence-corrected chi connectivity index (χ2v) is 4.89. The highest BCUT2D eigenvalue weighted by atomic mass is 79.9. The number of benzene rings is 1. The first-order chi connectivity index (χ1) is 9.19. The van der Waals surface area contributed by atoms with Crippen molar-refractivity contribution >= 4 is 21.8 Å². The van der Waals surface area contributed by atoms with Crippen LogP contribution in [0.3, 0.4) is 0 Å². The molecule has 0 atom stereocenters. The number of hydrogen-bond donors (Lipinski definition) is 1. The molecule has 1 aromatic heterocycles. The molecule has 0 aliphatic carbocycles. The third-order valence-electron chi connectivity index (χ3n) is 2.51. The summed E-state index contributed by atoms with van der Waals surface area (Å²) in [6, 6.07) is 7.64. The van der Waals surface area contributed by atoms with Gasteiger partial charge in [-0.25, -0.2) is 0 Å². The minimum absolute atomic E-state index is 0.00843. The lowest BCUT2D eigenvalue weighted by molar-refractivity contribution is -0.121. The van der Waals surface area contributed by atoms with Gasteiger partial charge in [-0.05, 0) is 31.2 Å². The van der Waals surface area contributed by atoms with E-state index in [0.29, 0.717) is 31.1 Å². The van der Waals surface area contributed by atoms with Crippen molar-refractivity contribution in [1.82, 2.24) is 15.5 Å². The highest BCUT2D eigenvalue weighted by Gasteiger charge is 2.10. The zero-order valence-electron chi connectivity index (χ0n) is 10.5. The summed E-state index contributed by atoms with van der Waals surface area (Å²) in [5.41, 5.74) is 0.885. The Hall–Kier alpha value is -1.69. The predicted octanol–water partition coefficient (Wildman–Crippen LogP) is 2.57. The van der Waals surface area contributed by atoms with Crippen molar-refractivity contribution in [2.75, 3.05) is 6.54 Å². The van der Waals surface area contributed by atoms with Crippen LogP contribution >= 0.6 is 15.9 Å². The van der Waals surface area contributed by atoms with Gasteiger partial charge in [0.1, 0.15) is 0 Å². The second-order valence-electron chi connectivity index (χ2n) is 3.97. The third-order valence-corrected chi connectivity index (χ3v) is 3.04. The van der Waals surface area contributed by atoms with Crippen molar-refractivity contribution < 1.29 is 9.32 Å². The Morgan fingerprint density at radius 3 is 2.79 bits per heavy atom. The molecule has 0 fully saturated rings. The Balaban J connectivity index is 1.99. The Labute approximate surface area is 119 Å². The number of rotatable bonds is 5. The summed E-state index contributed by atoms with van der Waals surface area (Å²) < 4.78 is 6.12. The van der Waals surface area contributed by atoms with E-state index in [0.717, 1.165) is 10.0 Å². The number of carbonyl (C=O) groups excluding carboxylic acids is 1. The van der Waals surface area contributed by atoms with Crippen LogP contribution in [0.2, 0.25) is 0 Å². The van der Waals surface area contributed by atoms with E-state index < -0.39 is 0 Å². The van der Waals surface area contributed by atoms with Crippen molar-refractivity contribution in [3.8, 4) is 11.4 Å². The Morgan fingerprint density at radius 2 is 2.11 bits per heavy atom. The van der Waals surface area contributed by atoms with Gasteiger partial charge in [-0.2, -0.15) is 4.98 Å². The number of carbonyl (C=O) groups is 1. The summed E-state index contributed by atoms with van der Waals surface area (Å²) >= 11 is 3.37. The first-order valence-electron chi connectivity index (χ1n) is 6.04. The molecule has 0 spiro atoms. The fourth-order valence-corrected chi connectivity index (χ4v) is 1.84. The molecule has 0 aliphatic heterocycles. The van der Waals surface area contributed by atoms with Gasteiger partial charge < -0.3 is 9.84 Å². The fourth-order valence-electron chi connectivity index (χ4n) is 1.58. The molecular formula is C13H14BrN3O2. The zero-order valence-corrected chi connectivity index (χ0v) is 12.1. The lowest BCUT2D eigenvalue weighted by atomic mass is 10.2. The van der Waals surface area contributed by atoms with Gasteiger partial charge in [0.15, 0.2) is 0 Å². The predicted molar refractivity (Wildman–Crippen MR) is 74.4 cm³/mol. The quantitative estimate of drug-likeness (QED) is 0.918. The molecule has 2 rings (SSSR count). The lowest BCUT2D eigenvalue weighted by Gasteiger charge is -1.98. The maximum atomic E-state index is 11.3. The molecule has 0 unspecified atom stereocenters. The van der Waals surface area contributed by atoms with Gasteiger partial charge in [0.05, 0.1) is 0 Å². The van der Waals surface area contributed by atoms with Gasteiger partial charge in [0.25, 0.3) is 0 Å². The molecule has 2 aromatic rings. The smallest absolute Gasteiger partial charge is 0.227 e. The average Bonchev–Trinajstić information content (AvgIpc) is 2.86. The summed E-state index contributed by atoms with van der Waals surface area (Å²) in [6.07, 6.45) is 0.811. The molecule has 1 heterocycles. The van der Waals surface area contributed by atoms with Crippen molar-refractivity contribution in [3.63, 3.8) is 0 Å². The number of nitrogens with zero attached hydrogens (tertiary/aromatic N) is 2. The minimum Gasteiger partial charge on any atom is -0.356 e. The third kappa shape index (κ3) is 3.89. The van der Waals surface area contributed by atoms with E-state index in [-0.39, 0.29) is 5.91 Å². The molecule has 5 nitrogen and oxygen atoms in total. The SMILES string of the molecule is CCNC(=O)CCc1nc(-c2ccc(Br)cc2)no1. The van der Waals surface area contributed by atoms with Crippen LogP contribution in [0.1, 0.15) is 19.2 Å². The molecule has 0 saturated heterocycles. The number of nitrogens with one attached hydrogen (secondary N) is 1. The first-order valence-corrected chi connectivity index (χ1v) is 6.83. The Bertz CT molecular complexity index is 551. The van der Waals surface area contributed by atoms with Gasteiger partial charge in [0.2, 0.25) is 17.6 Å². The number of halogens is 1. The average molecular weight is 324 g/mol. The van der Waals surface area contributed by atoms with E-state index in [1.165, 1.54) is 0 Å². The maximum Gasteiger partial charge on any atom is 0.227 e.